The Bertz CT molecular complexity index is 2760. The first kappa shape index (κ1) is 42.1. The van der Waals surface area contributed by atoms with Crippen molar-refractivity contribution in [2.24, 2.45) is 30.4 Å². The van der Waals surface area contributed by atoms with Crippen molar-refractivity contribution < 1.29 is 23.8 Å². The van der Waals surface area contributed by atoms with Gasteiger partial charge >= 0.3 is 18.0 Å². The molecular weight excluding hydrogens is 799 g/mol. The van der Waals surface area contributed by atoms with Crippen LogP contribution in [0.1, 0.15) is 79.9 Å². The molecule has 1 aliphatic rings. The predicted molar refractivity (Wildman–Crippen MR) is 228 cm³/mol. The number of anilines is 2. The molecule has 22 nitrogen and oxygen atoms in total. The van der Waals surface area contributed by atoms with Crippen molar-refractivity contribution in [1.82, 2.24) is 44.4 Å². The van der Waals surface area contributed by atoms with Crippen LogP contribution >= 0.6 is 0 Å². The summed E-state index contributed by atoms with van der Waals surface area (Å²) in [6.45, 7) is 11.6. The van der Waals surface area contributed by atoms with Crippen LogP contribution in [0.2, 0.25) is 0 Å². The van der Waals surface area contributed by atoms with Crippen LogP contribution in [-0.2, 0) is 25.0 Å². The van der Waals surface area contributed by atoms with Crippen LogP contribution < -0.4 is 16.8 Å². The van der Waals surface area contributed by atoms with Gasteiger partial charge in [0.1, 0.15) is 11.1 Å². The third kappa shape index (κ3) is 7.99. The van der Waals surface area contributed by atoms with Crippen LogP contribution in [0.3, 0.4) is 0 Å². The molecule has 2 aromatic carbocycles. The molecule has 6 aromatic rings. The largest absolute Gasteiger partial charge is 0.467 e. The fourth-order valence-corrected chi connectivity index (χ4v) is 6.24. The molecule has 4 aromatic heterocycles. The summed E-state index contributed by atoms with van der Waals surface area (Å²) in [6, 6.07) is 18.2. The topological polar surface area (TPSA) is 271 Å². The van der Waals surface area contributed by atoms with Gasteiger partial charge in [-0.1, -0.05) is 77.9 Å². The van der Waals surface area contributed by atoms with Crippen molar-refractivity contribution in [3.05, 3.63) is 95.6 Å². The second-order valence-corrected chi connectivity index (χ2v) is 15.7. The zero-order chi connectivity index (χ0) is 44.5. The van der Waals surface area contributed by atoms with E-state index in [1.807, 2.05) is 102 Å². The number of ether oxygens (including phenoxy) is 3. The number of rotatable bonds is 9. The number of nitrogens with two attached hydrogens (primary N) is 2. The number of hydrogen-bond donors (Lipinski definition) is 3. The standard InChI is InChI=1S/C40H45N17O5/c1-39(2,3)28-26(48-50-32-24(34(58)60-7)20-43-54(32)22-16-12-10-13-17-22)30(41)56(52-28)36-45-37(47-38(46-36)62-9)57-31(42)27(29(53-57)40(4,5)6)49-51-33-25(35(59)61-8)21-44-55(33)23-18-14-11-15-19-23/h10-21,36H,41-42H2,1-9H3,(H,45,46,47)/b50-48+,51-49+. The average Bonchev–Trinajstić information content (AvgIpc) is 4.04. The van der Waals surface area contributed by atoms with Gasteiger partial charge in [-0.3, -0.25) is 0 Å². The molecule has 320 valence electrons. The monoisotopic (exact) mass is 843 g/mol. The molecule has 0 saturated carbocycles. The molecule has 1 aliphatic heterocycles. The Hall–Kier alpha value is -8.04. The molecular formula is C40H45N17O5. The van der Waals surface area contributed by atoms with Crippen LogP contribution in [0.4, 0.5) is 34.6 Å². The number of amidine groups is 1. The summed E-state index contributed by atoms with van der Waals surface area (Å²) in [5.41, 5.74) is 15.2. The molecule has 7 rings (SSSR count). The summed E-state index contributed by atoms with van der Waals surface area (Å²) in [6.07, 6.45) is 1.64. The van der Waals surface area contributed by atoms with Crippen LogP contribution in [0.25, 0.3) is 11.4 Å². The van der Waals surface area contributed by atoms with Crippen molar-refractivity contribution in [1.29, 1.82) is 0 Å². The van der Waals surface area contributed by atoms with Crippen LogP contribution in [0.5, 0.6) is 0 Å². The first-order valence-electron chi connectivity index (χ1n) is 19.1. The number of nitrogens with one attached hydrogen (secondary N) is 1. The Morgan fingerprint density at radius 2 is 1.13 bits per heavy atom. The zero-order valence-electron chi connectivity index (χ0n) is 35.5. The molecule has 0 fully saturated rings. The maximum atomic E-state index is 12.8. The van der Waals surface area contributed by atoms with E-state index in [4.69, 9.17) is 35.9 Å². The van der Waals surface area contributed by atoms with E-state index in [9.17, 15) is 9.59 Å². The van der Waals surface area contributed by atoms with E-state index in [2.05, 4.69) is 46.0 Å². The van der Waals surface area contributed by atoms with Crippen molar-refractivity contribution in [3.63, 3.8) is 0 Å². The van der Waals surface area contributed by atoms with Crippen molar-refractivity contribution in [2.45, 2.75) is 58.7 Å². The van der Waals surface area contributed by atoms with Gasteiger partial charge in [-0.05, 0) is 24.3 Å². The normalized spacial score (nSPS) is 14.5. The lowest BCUT2D eigenvalue weighted by molar-refractivity contribution is 0.0592. The van der Waals surface area contributed by atoms with Crippen LogP contribution in [-0.4, -0.2) is 84.4 Å². The first-order valence-corrected chi connectivity index (χ1v) is 19.1. The summed E-state index contributed by atoms with van der Waals surface area (Å²) in [5.74, 6) is -0.885. The molecule has 0 amide bonds. The molecule has 5 heterocycles. The molecule has 22 heteroatoms. The minimum absolute atomic E-state index is 0.0427. The number of methoxy groups -OCH3 is 3. The number of azo groups is 2. The summed E-state index contributed by atoms with van der Waals surface area (Å²) < 4.78 is 21.2. The van der Waals surface area contributed by atoms with Gasteiger partial charge in [-0.25, -0.2) is 23.6 Å². The maximum absolute atomic E-state index is 12.8. The van der Waals surface area contributed by atoms with Crippen molar-refractivity contribution in [2.75, 3.05) is 32.8 Å². The lowest BCUT2D eigenvalue weighted by Crippen LogP contribution is -2.41. The molecule has 0 spiro atoms. The van der Waals surface area contributed by atoms with E-state index < -0.39 is 29.1 Å². The fourth-order valence-electron chi connectivity index (χ4n) is 6.24. The van der Waals surface area contributed by atoms with E-state index >= 15 is 0 Å². The van der Waals surface area contributed by atoms with E-state index in [1.54, 1.807) is 0 Å². The van der Waals surface area contributed by atoms with Crippen LogP contribution in [0.15, 0.2) is 103 Å². The SMILES string of the molecule is COC(=O)c1cnn(-c2ccccc2)c1/N=N/c1c(C(C)(C)C)nn(C2=NC(OC)=NC(n3nc(C(C)(C)C)c(/N=N/c4c(C(=O)OC)cnn4-c4ccccc4)c3N)N2)c1N. The highest BCUT2D eigenvalue weighted by atomic mass is 16.5. The third-order valence-electron chi connectivity index (χ3n) is 9.33. The van der Waals surface area contributed by atoms with Crippen molar-refractivity contribution in [3.8, 4) is 11.4 Å². The third-order valence-corrected chi connectivity index (χ3v) is 9.33. The predicted octanol–water partition coefficient (Wildman–Crippen LogP) is 6.58. The van der Waals surface area contributed by atoms with E-state index in [1.165, 1.54) is 52.5 Å². The quantitative estimate of drug-likeness (QED) is 0.103. The minimum Gasteiger partial charge on any atom is -0.467 e. The molecule has 62 heavy (non-hydrogen) atoms. The van der Waals surface area contributed by atoms with Crippen molar-refractivity contribution >= 4 is 58.6 Å². The highest BCUT2D eigenvalue weighted by molar-refractivity contribution is 5.97. The Balaban J connectivity index is 1.29. The molecule has 0 radical (unpaired) electrons. The minimum atomic E-state index is -1.07. The Labute approximate surface area is 355 Å². The number of hydrogen-bond acceptors (Lipinski definition) is 18. The summed E-state index contributed by atoms with van der Waals surface area (Å²) in [4.78, 5) is 34.7. The fraction of sp³-hybridized carbons (Fsp3) is 0.300. The summed E-state index contributed by atoms with van der Waals surface area (Å²) in [5, 5.41) is 39.8. The van der Waals surface area contributed by atoms with Gasteiger partial charge in [-0.15, -0.1) is 20.5 Å². The van der Waals surface area contributed by atoms with Gasteiger partial charge in [-0.2, -0.15) is 35.1 Å². The second kappa shape index (κ2) is 16.5. The average molecular weight is 844 g/mol. The lowest BCUT2D eigenvalue weighted by Gasteiger charge is -2.23. The van der Waals surface area contributed by atoms with E-state index in [-0.39, 0.29) is 57.8 Å². The van der Waals surface area contributed by atoms with Crippen LogP contribution in [0, 0.1) is 0 Å². The molecule has 0 saturated heterocycles. The smallest absolute Gasteiger partial charge is 0.343 e. The number of aliphatic imine (C=N–C) groups is 2. The van der Waals surface area contributed by atoms with Gasteiger partial charge in [0.15, 0.2) is 34.6 Å². The lowest BCUT2D eigenvalue weighted by atomic mass is 9.91. The van der Waals surface area contributed by atoms with Gasteiger partial charge in [0.05, 0.1) is 56.5 Å². The Kier molecular flexibility index (Phi) is 11.2. The highest BCUT2D eigenvalue weighted by Gasteiger charge is 2.34. The molecule has 0 bridgehead atoms. The first-order chi connectivity index (χ1) is 29.5. The Morgan fingerprint density at radius 3 is 1.58 bits per heavy atom. The number of nitrogens with zero attached hydrogens (tertiary/aromatic N) is 14. The van der Waals surface area contributed by atoms with Gasteiger partial charge < -0.3 is 31.0 Å². The number of carbonyl (C=O) groups excluding carboxylic acids is 2. The molecule has 0 aliphatic carbocycles. The number of carbonyl (C=O) groups is 2. The van der Waals surface area contributed by atoms with Gasteiger partial charge in [0, 0.05) is 10.8 Å². The highest BCUT2D eigenvalue weighted by Crippen LogP contribution is 2.40. The second-order valence-electron chi connectivity index (χ2n) is 15.7. The number of benzene rings is 2. The number of aromatic nitrogens is 8. The summed E-state index contributed by atoms with van der Waals surface area (Å²) >= 11 is 0. The molecule has 1 unspecified atom stereocenters. The van der Waals surface area contributed by atoms with Gasteiger partial charge in [0.2, 0.25) is 12.2 Å². The number of nitrogen functional groups attached to an aromatic ring is 2. The molecule has 5 N–H and O–H groups in total. The van der Waals surface area contributed by atoms with E-state index in [0.717, 1.165) is 0 Å². The van der Waals surface area contributed by atoms with Gasteiger partial charge in [0.25, 0.3) is 0 Å². The van der Waals surface area contributed by atoms with E-state index in [0.29, 0.717) is 22.8 Å². The number of para-hydroxylation sites is 2. The molecule has 1 atom stereocenters. The zero-order valence-corrected chi connectivity index (χ0v) is 35.5. The summed E-state index contributed by atoms with van der Waals surface area (Å²) in [7, 11) is 3.94. The maximum Gasteiger partial charge on any atom is 0.343 e. The Morgan fingerprint density at radius 1 is 0.661 bits per heavy atom. The number of esters is 2.